The van der Waals surface area contributed by atoms with Gasteiger partial charge in [-0.05, 0) is 24.6 Å². The van der Waals surface area contributed by atoms with Crippen LogP contribution in [0.1, 0.15) is 29.3 Å². The van der Waals surface area contributed by atoms with Gasteiger partial charge in [0.15, 0.2) is 5.96 Å². The third-order valence-corrected chi connectivity index (χ3v) is 5.07. The normalized spacial score (nSPS) is 11.7. The van der Waals surface area contributed by atoms with Crippen molar-refractivity contribution in [3.63, 3.8) is 0 Å². The van der Waals surface area contributed by atoms with Gasteiger partial charge in [0.05, 0.1) is 12.1 Å². The number of methoxy groups -OCH3 is 1. The molecule has 5 nitrogen and oxygen atoms in total. The first-order valence-electron chi connectivity index (χ1n) is 8.45. The maximum absolute atomic E-state index is 5.23. The van der Waals surface area contributed by atoms with Crippen molar-refractivity contribution in [2.45, 2.75) is 32.6 Å². The lowest BCUT2D eigenvalue weighted by Crippen LogP contribution is -2.44. The minimum absolute atomic E-state index is 0. The maximum atomic E-state index is 5.23. The van der Waals surface area contributed by atoms with Gasteiger partial charge in [0, 0.05) is 43.0 Å². The molecule has 2 aromatic rings. The number of aromatic nitrogens is 1. The summed E-state index contributed by atoms with van der Waals surface area (Å²) in [5.74, 6) is 1.69. The van der Waals surface area contributed by atoms with Gasteiger partial charge in [0.1, 0.15) is 5.75 Å². The lowest BCUT2D eigenvalue weighted by Gasteiger charge is -2.27. The minimum atomic E-state index is -0.0175. The van der Waals surface area contributed by atoms with Crippen LogP contribution in [0.15, 0.2) is 35.5 Å². The molecule has 0 aliphatic carbocycles. The topological polar surface area (TPSA) is 58.5 Å². The molecule has 0 saturated heterocycles. The fourth-order valence-electron chi connectivity index (χ4n) is 2.47. The Hall–Kier alpha value is -1.35. The molecule has 0 spiro atoms. The number of halogens is 1. The van der Waals surface area contributed by atoms with Crippen LogP contribution in [0, 0.1) is 6.92 Å². The molecule has 144 valence electrons. The van der Waals surface area contributed by atoms with E-state index in [0.717, 1.165) is 36.2 Å². The molecule has 1 aromatic heterocycles. The predicted molar refractivity (Wildman–Crippen MR) is 121 cm³/mol. The van der Waals surface area contributed by atoms with E-state index in [0.29, 0.717) is 0 Å². The van der Waals surface area contributed by atoms with Crippen molar-refractivity contribution in [1.82, 2.24) is 15.6 Å². The van der Waals surface area contributed by atoms with Crippen molar-refractivity contribution in [2.24, 2.45) is 4.99 Å². The second-order valence-electron chi connectivity index (χ2n) is 6.58. The number of benzene rings is 1. The van der Waals surface area contributed by atoms with Crippen LogP contribution in [-0.2, 0) is 11.8 Å². The van der Waals surface area contributed by atoms with Crippen LogP contribution in [-0.4, -0.2) is 38.2 Å². The van der Waals surface area contributed by atoms with Gasteiger partial charge in [0.25, 0.3) is 0 Å². The lowest BCUT2D eigenvalue weighted by atomic mass is 9.84. The molecule has 2 rings (SSSR count). The van der Waals surface area contributed by atoms with Crippen molar-refractivity contribution in [1.29, 1.82) is 0 Å². The number of nitrogens with one attached hydrogen (secondary N) is 2. The third-order valence-electron chi connectivity index (χ3n) is 4.09. The number of guanidine groups is 1. The smallest absolute Gasteiger partial charge is 0.191 e. The average molecular weight is 488 g/mol. The summed E-state index contributed by atoms with van der Waals surface area (Å²) in [5.41, 5.74) is 1.24. The molecule has 0 unspecified atom stereocenters. The zero-order valence-electron chi connectivity index (χ0n) is 16.1. The molecule has 2 N–H and O–H groups in total. The summed E-state index contributed by atoms with van der Waals surface area (Å²) in [4.78, 5) is 9.94. The van der Waals surface area contributed by atoms with E-state index in [1.807, 2.05) is 18.3 Å². The van der Waals surface area contributed by atoms with Gasteiger partial charge in [-0.3, -0.25) is 4.99 Å². The van der Waals surface area contributed by atoms with E-state index < -0.39 is 0 Å². The molecule has 0 atom stereocenters. The molecule has 1 aromatic carbocycles. The molecule has 0 radical (unpaired) electrons. The predicted octanol–water partition coefficient (Wildman–Crippen LogP) is 3.76. The standard InChI is InChI=1S/C19H28N4OS.HI/c1-14-12-22-17(25-14)10-11-21-18(20-4)23-13-19(2,3)15-6-8-16(24-5)9-7-15;/h6-9,12H,10-11,13H2,1-5H3,(H2,20,21,23);1H. The van der Waals surface area contributed by atoms with Crippen molar-refractivity contribution >= 4 is 41.3 Å². The van der Waals surface area contributed by atoms with Crippen LogP contribution in [0.3, 0.4) is 0 Å². The maximum Gasteiger partial charge on any atom is 0.191 e. The SMILES string of the molecule is CN=C(NCCc1ncc(C)s1)NCC(C)(C)c1ccc(OC)cc1.I. The molecule has 0 aliphatic rings. The molecule has 0 aliphatic heterocycles. The Morgan fingerprint density at radius 1 is 1.23 bits per heavy atom. The summed E-state index contributed by atoms with van der Waals surface area (Å²) in [7, 11) is 3.48. The fraction of sp³-hybridized carbons (Fsp3) is 0.474. The Balaban J connectivity index is 0.00000338. The zero-order valence-corrected chi connectivity index (χ0v) is 19.3. The Bertz CT molecular complexity index is 698. The minimum Gasteiger partial charge on any atom is -0.497 e. The Labute approximate surface area is 177 Å². The molecule has 26 heavy (non-hydrogen) atoms. The summed E-state index contributed by atoms with van der Waals surface area (Å²) in [5, 5.41) is 7.93. The highest BCUT2D eigenvalue weighted by atomic mass is 127. The highest BCUT2D eigenvalue weighted by Gasteiger charge is 2.21. The second-order valence-corrected chi connectivity index (χ2v) is 7.90. The number of aliphatic imine (C=N–C) groups is 1. The van der Waals surface area contributed by atoms with E-state index >= 15 is 0 Å². The Kier molecular flexibility index (Phi) is 9.35. The number of hydrogen-bond donors (Lipinski definition) is 2. The number of ether oxygens (including phenoxy) is 1. The Morgan fingerprint density at radius 3 is 2.46 bits per heavy atom. The number of aryl methyl sites for hydroxylation is 1. The van der Waals surface area contributed by atoms with E-state index in [1.165, 1.54) is 10.4 Å². The molecule has 7 heteroatoms. The lowest BCUT2D eigenvalue weighted by molar-refractivity contribution is 0.414. The van der Waals surface area contributed by atoms with Crippen LogP contribution in [0.4, 0.5) is 0 Å². The molecular formula is C19H29IN4OS. The largest absolute Gasteiger partial charge is 0.497 e. The summed E-state index contributed by atoms with van der Waals surface area (Å²) in [6, 6.07) is 8.23. The molecule has 0 fully saturated rings. The third kappa shape index (κ3) is 6.75. The first-order chi connectivity index (χ1) is 11.9. The van der Waals surface area contributed by atoms with Gasteiger partial charge in [-0.25, -0.2) is 4.98 Å². The van der Waals surface area contributed by atoms with Crippen molar-refractivity contribution in [3.05, 3.63) is 45.9 Å². The van der Waals surface area contributed by atoms with Crippen LogP contribution in [0.25, 0.3) is 0 Å². The highest BCUT2D eigenvalue weighted by molar-refractivity contribution is 14.0. The van der Waals surface area contributed by atoms with Crippen molar-refractivity contribution < 1.29 is 4.74 Å². The van der Waals surface area contributed by atoms with Gasteiger partial charge >= 0.3 is 0 Å². The monoisotopic (exact) mass is 488 g/mol. The van der Waals surface area contributed by atoms with Gasteiger partial charge in [-0.1, -0.05) is 26.0 Å². The molecular weight excluding hydrogens is 459 g/mol. The van der Waals surface area contributed by atoms with E-state index in [9.17, 15) is 0 Å². The summed E-state index contributed by atoms with van der Waals surface area (Å²) < 4.78 is 5.23. The number of hydrogen-bond acceptors (Lipinski definition) is 4. The highest BCUT2D eigenvalue weighted by Crippen LogP contribution is 2.24. The second kappa shape index (κ2) is 10.7. The Morgan fingerprint density at radius 2 is 1.92 bits per heavy atom. The number of rotatable bonds is 7. The number of nitrogens with zero attached hydrogens (tertiary/aromatic N) is 2. The molecule has 0 saturated carbocycles. The van der Waals surface area contributed by atoms with Gasteiger partial charge in [0.2, 0.25) is 0 Å². The van der Waals surface area contributed by atoms with E-state index in [2.05, 4.69) is 53.5 Å². The van der Waals surface area contributed by atoms with Gasteiger partial charge in [-0.15, -0.1) is 35.3 Å². The van der Waals surface area contributed by atoms with Gasteiger partial charge < -0.3 is 15.4 Å². The van der Waals surface area contributed by atoms with Crippen LogP contribution >= 0.6 is 35.3 Å². The van der Waals surface area contributed by atoms with E-state index in [1.54, 1.807) is 25.5 Å². The van der Waals surface area contributed by atoms with Crippen LogP contribution in [0.2, 0.25) is 0 Å². The summed E-state index contributed by atoms with van der Waals surface area (Å²) in [6.07, 6.45) is 2.82. The van der Waals surface area contributed by atoms with E-state index in [-0.39, 0.29) is 29.4 Å². The first kappa shape index (κ1) is 22.7. The summed E-state index contributed by atoms with van der Waals surface area (Å²) >= 11 is 1.74. The average Bonchev–Trinajstić information content (AvgIpc) is 3.03. The van der Waals surface area contributed by atoms with Crippen molar-refractivity contribution in [2.75, 3.05) is 27.2 Å². The molecule has 0 amide bonds. The summed E-state index contributed by atoms with van der Waals surface area (Å²) in [6.45, 7) is 8.11. The number of thiazole rings is 1. The van der Waals surface area contributed by atoms with E-state index in [4.69, 9.17) is 4.74 Å². The molecule has 0 bridgehead atoms. The van der Waals surface area contributed by atoms with Crippen molar-refractivity contribution in [3.8, 4) is 5.75 Å². The van der Waals surface area contributed by atoms with Gasteiger partial charge in [-0.2, -0.15) is 0 Å². The van der Waals surface area contributed by atoms with Crippen LogP contribution < -0.4 is 15.4 Å². The van der Waals surface area contributed by atoms with Crippen LogP contribution in [0.5, 0.6) is 5.75 Å². The first-order valence-corrected chi connectivity index (χ1v) is 9.26. The quantitative estimate of drug-likeness (QED) is 0.354. The molecule has 1 heterocycles. The fourth-order valence-corrected chi connectivity index (χ4v) is 3.26. The zero-order chi connectivity index (χ0) is 18.3.